The molecule has 1 heterocycles. The molecule has 5 nitrogen and oxygen atoms in total. The van der Waals surface area contributed by atoms with E-state index in [9.17, 15) is 4.79 Å². The zero-order valence-corrected chi connectivity index (χ0v) is 6.61. The first-order valence-corrected chi connectivity index (χ1v) is 3.80. The van der Waals surface area contributed by atoms with Crippen LogP contribution in [0.1, 0.15) is 24.0 Å². The van der Waals surface area contributed by atoms with Crippen molar-refractivity contribution in [3.63, 3.8) is 0 Å². The van der Waals surface area contributed by atoms with E-state index >= 15 is 0 Å². The highest BCUT2D eigenvalue weighted by molar-refractivity contribution is 5.74. The molecule has 64 valence electrons. The molecule has 1 fully saturated rings. The van der Waals surface area contributed by atoms with E-state index in [4.69, 9.17) is 5.11 Å². The largest absolute Gasteiger partial charge is 0.481 e. The van der Waals surface area contributed by atoms with Crippen molar-refractivity contribution >= 4 is 5.97 Å². The van der Waals surface area contributed by atoms with Crippen LogP contribution in [0.25, 0.3) is 0 Å². The fourth-order valence-electron chi connectivity index (χ4n) is 1.30. The van der Waals surface area contributed by atoms with Gasteiger partial charge in [0.25, 0.3) is 0 Å². The molecule has 0 unspecified atom stereocenters. The molecule has 1 aromatic heterocycles. The van der Waals surface area contributed by atoms with Gasteiger partial charge in [-0.05, 0) is 13.3 Å². The van der Waals surface area contributed by atoms with Crippen LogP contribution in [0.5, 0.6) is 0 Å². The molecule has 12 heavy (non-hydrogen) atoms. The van der Waals surface area contributed by atoms with Crippen molar-refractivity contribution in [2.45, 2.75) is 19.3 Å². The van der Waals surface area contributed by atoms with E-state index in [0.717, 1.165) is 0 Å². The molecule has 0 radical (unpaired) electrons. The number of H-pyrrole nitrogens is 1. The molecule has 0 spiro atoms. The number of hydrogen-bond donors (Lipinski definition) is 2. The van der Waals surface area contributed by atoms with Crippen LogP contribution >= 0.6 is 0 Å². The van der Waals surface area contributed by atoms with E-state index in [2.05, 4.69) is 15.2 Å². The second-order valence-electron chi connectivity index (χ2n) is 3.05. The van der Waals surface area contributed by atoms with Crippen LogP contribution < -0.4 is 0 Å². The van der Waals surface area contributed by atoms with Crippen molar-refractivity contribution in [3.05, 3.63) is 11.6 Å². The van der Waals surface area contributed by atoms with Gasteiger partial charge in [-0.2, -0.15) is 5.10 Å². The summed E-state index contributed by atoms with van der Waals surface area (Å²) < 4.78 is 0. The maximum atomic E-state index is 10.5. The van der Waals surface area contributed by atoms with Gasteiger partial charge in [0.05, 0.1) is 5.92 Å². The van der Waals surface area contributed by atoms with E-state index in [-0.39, 0.29) is 11.8 Å². The maximum Gasteiger partial charge on any atom is 0.307 e. The third kappa shape index (κ3) is 1.07. The highest BCUT2D eigenvalue weighted by Crippen LogP contribution is 2.45. The summed E-state index contributed by atoms with van der Waals surface area (Å²) in [5.74, 6) is 0.441. The minimum absolute atomic E-state index is 0.0590. The Hall–Kier alpha value is -1.39. The molecule has 1 saturated carbocycles. The number of nitrogens with one attached hydrogen (secondary N) is 1. The van der Waals surface area contributed by atoms with Gasteiger partial charge in [-0.15, -0.1) is 0 Å². The summed E-state index contributed by atoms with van der Waals surface area (Å²) in [6, 6.07) is 0. The average Bonchev–Trinajstić information content (AvgIpc) is 2.70. The molecule has 2 atom stereocenters. The third-order valence-corrected chi connectivity index (χ3v) is 2.07. The number of rotatable bonds is 2. The summed E-state index contributed by atoms with van der Waals surface area (Å²) in [6.07, 6.45) is 0.684. The van der Waals surface area contributed by atoms with Crippen LogP contribution in [0.3, 0.4) is 0 Å². The van der Waals surface area contributed by atoms with Gasteiger partial charge in [0.2, 0.25) is 0 Å². The molecular weight excluding hydrogens is 158 g/mol. The van der Waals surface area contributed by atoms with Crippen LogP contribution in [0.2, 0.25) is 0 Å². The molecule has 0 saturated heterocycles. The van der Waals surface area contributed by atoms with Crippen LogP contribution in [-0.4, -0.2) is 26.3 Å². The molecule has 2 rings (SSSR count). The SMILES string of the molecule is Cc1n[nH]c([C@@H]2C[C@@H]2C(=O)O)n1. The molecular formula is C7H9N3O2. The summed E-state index contributed by atoms with van der Waals surface area (Å²) in [4.78, 5) is 14.6. The molecule has 1 aromatic rings. The fraction of sp³-hybridized carbons (Fsp3) is 0.571. The maximum absolute atomic E-state index is 10.5. The molecule has 0 aromatic carbocycles. The van der Waals surface area contributed by atoms with Crippen LogP contribution in [0.15, 0.2) is 0 Å². The topological polar surface area (TPSA) is 78.9 Å². The fourth-order valence-corrected chi connectivity index (χ4v) is 1.30. The van der Waals surface area contributed by atoms with Gasteiger partial charge >= 0.3 is 5.97 Å². The number of carboxylic acid groups (broad SMARTS) is 1. The zero-order chi connectivity index (χ0) is 8.72. The van der Waals surface area contributed by atoms with Gasteiger partial charge in [-0.25, -0.2) is 4.98 Å². The second-order valence-corrected chi connectivity index (χ2v) is 3.05. The number of carboxylic acids is 1. The molecule has 1 aliphatic carbocycles. The Morgan fingerprint density at radius 3 is 2.92 bits per heavy atom. The number of carbonyl (C=O) groups is 1. The van der Waals surface area contributed by atoms with E-state index in [1.165, 1.54) is 0 Å². The Morgan fingerprint density at radius 2 is 2.50 bits per heavy atom. The van der Waals surface area contributed by atoms with E-state index in [1.54, 1.807) is 6.92 Å². The standard InChI is InChI=1S/C7H9N3O2/c1-3-8-6(10-9-3)4-2-5(4)7(11)12/h4-5H,2H2,1H3,(H,11,12)(H,8,9,10)/t4-,5+/m1/s1. The van der Waals surface area contributed by atoms with Crippen molar-refractivity contribution in [1.29, 1.82) is 0 Å². The molecule has 1 aliphatic rings. The Bertz CT molecular complexity index is 320. The van der Waals surface area contributed by atoms with Gasteiger partial charge in [0, 0.05) is 5.92 Å². The Kier molecular flexibility index (Phi) is 1.39. The van der Waals surface area contributed by atoms with Gasteiger partial charge in [-0.3, -0.25) is 9.89 Å². The molecule has 2 N–H and O–H groups in total. The van der Waals surface area contributed by atoms with Gasteiger partial charge in [-0.1, -0.05) is 0 Å². The summed E-state index contributed by atoms with van der Waals surface area (Å²) in [6.45, 7) is 1.78. The summed E-state index contributed by atoms with van der Waals surface area (Å²) in [7, 11) is 0. The Balaban J connectivity index is 2.10. The van der Waals surface area contributed by atoms with Crippen molar-refractivity contribution in [1.82, 2.24) is 15.2 Å². The number of aliphatic carboxylic acids is 1. The predicted molar refractivity (Wildman–Crippen MR) is 39.6 cm³/mol. The lowest BCUT2D eigenvalue weighted by Crippen LogP contribution is -1.99. The predicted octanol–water partition coefficient (Wildman–Crippen LogP) is 0.301. The van der Waals surface area contributed by atoms with Crippen molar-refractivity contribution in [3.8, 4) is 0 Å². The zero-order valence-electron chi connectivity index (χ0n) is 6.61. The molecule has 0 aliphatic heterocycles. The number of aromatic amines is 1. The Labute approximate surface area is 68.8 Å². The first kappa shape index (κ1) is 7.27. The lowest BCUT2D eigenvalue weighted by atomic mass is 10.3. The average molecular weight is 167 g/mol. The molecule has 0 amide bonds. The second kappa shape index (κ2) is 2.30. The van der Waals surface area contributed by atoms with Gasteiger partial charge in [0.1, 0.15) is 11.6 Å². The lowest BCUT2D eigenvalue weighted by Gasteiger charge is -1.88. The van der Waals surface area contributed by atoms with E-state index in [1.807, 2.05) is 0 Å². The lowest BCUT2D eigenvalue weighted by molar-refractivity contribution is -0.138. The smallest absolute Gasteiger partial charge is 0.307 e. The number of hydrogen-bond acceptors (Lipinski definition) is 3. The minimum atomic E-state index is -0.742. The van der Waals surface area contributed by atoms with E-state index < -0.39 is 5.97 Å². The van der Waals surface area contributed by atoms with Crippen LogP contribution in [-0.2, 0) is 4.79 Å². The monoisotopic (exact) mass is 167 g/mol. The molecule has 0 bridgehead atoms. The number of nitrogens with zero attached hydrogens (tertiary/aromatic N) is 2. The van der Waals surface area contributed by atoms with Crippen molar-refractivity contribution in [2.75, 3.05) is 0 Å². The minimum Gasteiger partial charge on any atom is -0.481 e. The van der Waals surface area contributed by atoms with Crippen LogP contribution in [0.4, 0.5) is 0 Å². The summed E-state index contributed by atoms with van der Waals surface area (Å²) >= 11 is 0. The number of aryl methyl sites for hydroxylation is 1. The first-order chi connectivity index (χ1) is 5.68. The van der Waals surface area contributed by atoms with Crippen molar-refractivity contribution < 1.29 is 9.90 Å². The van der Waals surface area contributed by atoms with Gasteiger partial charge < -0.3 is 5.11 Å². The molecule has 5 heteroatoms. The highest BCUT2D eigenvalue weighted by atomic mass is 16.4. The first-order valence-electron chi connectivity index (χ1n) is 3.80. The quantitative estimate of drug-likeness (QED) is 0.664. The third-order valence-electron chi connectivity index (χ3n) is 2.07. The summed E-state index contributed by atoms with van der Waals surface area (Å²) in [5.41, 5.74) is 0. The summed E-state index contributed by atoms with van der Waals surface area (Å²) in [5, 5.41) is 15.2. The number of aromatic nitrogens is 3. The van der Waals surface area contributed by atoms with Gasteiger partial charge in [0.15, 0.2) is 0 Å². The highest BCUT2D eigenvalue weighted by Gasteiger charge is 2.46. The van der Waals surface area contributed by atoms with Crippen LogP contribution in [0, 0.1) is 12.8 Å². The van der Waals surface area contributed by atoms with Crippen molar-refractivity contribution in [2.24, 2.45) is 5.92 Å². The normalized spacial score (nSPS) is 27.1. The Morgan fingerprint density at radius 1 is 1.75 bits per heavy atom. The van der Waals surface area contributed by atoms with E-state index in [0.29, 0.717) is 18.1 Å².